The van der Waals surface area contributed by atoms with E-state index in [1.807, 2.05) is 20.8 Å². The van der Waals surface area contributed by atoms with E-state index in [1.165, 1.54) is 17.7 Å². The van der Waals surface area contributed by atoms with Crippen molar-refractivity contribution in [2.45, 2.75) is 26.8 Å². The third kappa shape index (κ3) is 2.73. The normalized spacial score (nSPS) is 12.5. The van der Waals surface area contributed by atoms with E-state index in [4.69, 9.17) is 0 Å². The highest BCUT2D eigenvalue weighted by Gasteiger charge is 2.20. The third-order valence-electron chi connectivity index (χ3n) is 3.59. The Morgan fingerprint density at radius 1 is 0.950 bits per heavy atom. The lowest BCUT2D eigenvalue weighted by molar-refractivity contribution is 0.550. The summed E-state index contributed by atoms with van der Waals surface area (Å²) in [6.45, 7) is 6.07. The van der Waals surface area contributed by atoms with E-state index in [2.05, 4.69) is 17.4 Å². The quantitative estimate of drug-likeness (QED) is 0.885. The second-order valence-electron chi connectivity index (χ2n) is 5.20. The van der Waals surface area contributed by atoms with E-state index in [9.17, 15) is 8.78 Å². The fraction of sp³-hybridized carbons (Fsp3) is 0.294. The van der Waals surface area contributed by atoms with Gasteiger partial charge in [0, 0.05) is 11.6 Å². The SMILES string of the molecule is CNC(c1ccc(F)cc1F)c1c(C)cc(C)cc1C. The molecule has 2 rings (SSSR count). The van der Waals surface area contributed by atoms with Crippen LogP contribution < -0.4 is 5.32 Å². The number of aryl methyl sites for hydroxylation is 3. The van der Waals surface area contributed by atoms with Crippen molar-refractivity contribution in [3.8, 4) is 0 Å². The van der Waals surface area contributed by atoms with Crippen LogP contribution >= 0.6 is 0 Å². The maximum absolute atomic E-state index is 14.0. The van der Waals surface area contributed by atoms with E-state index in [1.54, 1.807) is 7.05 Å². The zero-order valence-corrected chi connectivity index (χ0v) is 12.2. The molecule has 0 radical (unpaired) electrons. The van der Waals surface area contributed by atoms with E-state index in [0.29, 0.717) is 5.56 Å². The van der Waals surface area contributed by atoms with E-state index >= 15 is 0 Å². The first kappa shape index (κ1) is 14.7. The van der Waals surface area contributed by atoms with Crippen LogP contribution in [-0.2, 0) is 0 Å². The van der Waals surface area contributed by atoms with Crippen LogP contribution in [0.3, 0.4) is 0 Å². The molecule has 3 heteroatoms. The summed E-state index contributed by atoms with van der Waals surface area (Å²) in [5.41, 5.74) is 4.89. The minimum Gasteiger partial charge on any atom is -0.309 e. The third-order valence-corrected chi connectivity index (χ3v) is 3.59. The fourth-order valence-corrected chi connectivity index (χ4v) is 2.84. The highest BCUT2D eigenvalue weighted by Crippen LogP contribution is 2.30. The Kier molecular flexibility index (Phi) is 4.19. The second-order valence-corrected chi connectivity index (χ2v) is 5.20. The van der Waals surface area contributed by atoms with E-state index in [0.717, 1.165) is 22.8 Å². The number of rotatable bonds is 3. The van der Waals surface area contributed by atoms with Gasteiger partial charge in [0.25, 0.3) is 0 Å². The van der Waals surface area contributed by atoms with Crippen molar-refractivity contribution in [1.82, 2.24) is 5.32 Å². The first-order valence-corrected chi connectivity index (χ1v) is 6.64. The molecule has 0 spiro atoms. The summed E-state index contributed by atoms with van der Waals surface area (Å²) in [5.74, 6) is -1.08. The van der Waals surface area contributed by atoms with Gasteiger partial charge in [0.2, 0.25) is 0 Å². The summed E-state index contributed by atoms with van der Waals surface area (Å²) in [6.07, 6.45) is 0. The molecule has 0 bridgehead atoms. The molecule has 0 heterocycles. The zero-order chi connectivity index (χ0) is 14.9. The molecule has 0 aliphatic carbocycles. The van der Waals surface area contributed by atoms with Crippen LogP contribution in [0.4, 0.5) is 8.78 Å². The van der Waals surface area contributed by atoms with Gasteiger partial charge in [-0.1, -0.05) is 23.8 Å². The predicted octanol–water partition coefficient (Wildman–Crippen LogP) is 4.20. The number of halogens is 2. The average Bonchev–Trinajstić information content (AvgIpc) is 2.34. The minimum atomic E-state index is -0.557. The minimum absolute atomic E-state index is 0.281. The number of nitrogens with one attached hydrogen (secondary N) is 1. The largest absolute Gasteiger partial charge is 0.309 e. The number of hydrogen-bond donors (Lipinski definition) is 1. The van der Waals surface area contributed by atoms with E-state index in [-0.39, 0.29) is 6.04 Å². The Bertz CT molecular complexity index is 612. The van der Waals surface area contributed by atoms with E-state index < -0.39 is 11.6 Å². The smallest absolute Gasteiger partial charge is 0.131 e. The molecule has 0 saturated heterocycles. The summed E-state index contributed by atoms with van der Waals surface area (Å²) < 4.78 is 27.1. The molecule has 0 fully saturated rings. The standard InChI is InChI=1S/C17H19F2N/c1-10-7-11(2)16(12(3)8-10)17(20-4)14-6-5-13(18)9-15(14)19/h5-9,17,20H,1-4H3. The molecule has 106 valence electrons. The van der Waals surface area contributed by atoms with Gasteiger partial charge in [-0.15, -0.1) is 0 Å². The van der Waals surface area contributed by atoms with Gasteiger partial charge in [-0.3, -0.25) is 0 Å². The van der Waals surface area contributed by atoms with Gasteiger partial charge in [-0.2, -0.15) is 0 Å². The first-order valence-electron chi connectivity index (χ1n) is 6.64. The molecule has 2 aromatic rings. The highest BCUT2D eigenvalue weighted by atomic mass is 19.1. The van der Waals surface area contributed by atoms with Gasteiger partial charge in [0.15, 0.2) is 0 Å². The van der Waals surface area contributed by atoms with Gasteiger partial charge < -0.3 is 5.32 Å². The maximum Gasteiger partial charge on any atom is 0.131 e. The average molecular weight is 275 g/mol. The molecule has 1 unspecified atom stereocenters. The topological polar surface area (TPSA) is 12.0 Å². The predicted molar refractivity (Wildman–Crippen MR) is 77.9 cm³/mol. The molecule has 0 aromatic heterocycles. The van der Waals surface area contributed by atoms with Crippen molar-refractivity contribution in [1.29, 1.82) is 0 Å². The van der Waals surface area contributed by atoms with Crippen molar-refractivity contribution in [3.63, 3.8) is 0 Å². The molecule has 1 atom stereocenters. The van der Waals surface area contributed by atoms with Crippen LogP contribution in [0.2, 0.25) is 0 Å². The Labute approximate surface area is 118 Å². The monoisotopic (exact) mass is 275 g/mol. The van der Waals surface area contributed by atoms with Gasteiger partial charge >= 0.3 is 0 Å². The molecule has 0 aliphatic rings. The first-order chi connectivity index (χ1) is 9.43. The van der Waals surface area contributed by atoms with Crippen LogP contribution in [0, 0.1) is 32.4 Å². The van der Waals surface area contributed by atoms with Crippen LogP contribution in [0.25, 0.3) is 0 Å². The molecule has 0 saturated carbocycles. The zero-order valence-electron chi connectivity index (χ0n) is 12.2. The lowest BCUT2D eigenvalue weighted by Gasteiger charge is -2.22. The second kappa shape index (κ2) is 5.71. The molecule has 0 amide bonds. The summed E-state index contributed by atoms with van der Waals surface area (Å²) in [4.78, 5) is 0. The van der Waals surface area contributed by atoms with Crippen molar-refractivity contribution >= 4 is 0 Å². The molecular weight excluding hydrogens is 256 g/mol. The molecule has 0 aliphatic heterocycles. The van der Waals surface area contributed by atoms with Crippen molar-refractivity contribution < 1.29 is 8.78 Å². The van der Waals surface area contributed by atoms with Crippen LogP contribution in [0.5, 0.6) is 0 Å². The Morgan fingerprint density at radius 3 is 2.05 bits per heavy atom. The van der Waals surface area contributed by atoms with Crippen molar-refractivity contribution in [3.05, 3.63) is 69.8 Å². The maximum atomic E-state index is 14.0. The Balaban J connectivity index is 2.58. The molecule has 1 N–H and O–H groups in total. The Morgan fingerprint density at radius 2 is 1.55 bits per heavy atom. The summed E-state index contributed by atoms with van der Waals surface area (Å²) >= 11 is 0. The van der Waals surface area contributed by atoms with Gasteiger partial charge in [0.05, 0.1) is 6.04 Å². The number of hydrogen-bond acceptors (Lipinski definition) is 1. The van der Waals surface area contributed by atoms with Gasteiger partial charge in [0.1, 0.15) is 11.6 Å². The van der Waals surface area contributed by atoms with Crippen LogP contribution in [-0.4, -0.2) is 7.05 Å². The van der Waals surface area contributed by atoms with Gasteiger partial charge in [-0.25, -0.2) is 8.78 Å². The Hall–Kier alpha value is -1.74. The van der Waals surface area contributed by atoms with Crippen LogP contribution in [0.1, 0.15) is 33.9 Å². The summed E-state index contributed by atoms with van der Waals surface area (Å²) in [6, 6.07) is 7.60. The summed E-state index contributed by atoms with van der Waals surface area (Å²) in [5, 5.41) is 3.13. The highest BCUT2D eigenvalue weighted by molar-refractivity contribution is 5.44. The molecular formula is C17H19F2N. The van der Waals surface area contributed by atoms with Crippen molar-refractivity contribution in [2.75, 3.05) is 7.05 Å². The van der Waals surface area contributed by atoms with Crippen molar-refractivity contribution in [2.24, 2.45) is 0 Å². The molecule has 20 heavy (non-hydrogen) atoms. The molecule has 2 aromatic carbocycles. The number of benzene rings is 2. The lowest BCUT2D eigenvalue weighted by Crippen LogP contribution is -2.21. The lowest BCUT2D eigenvalue weighted by atomic mass is 9.90. The van der Waals surface area contributed by atoms with Crippen LogP contribution in [0.15, 0.2) is 30.3 Å². The van der Waals surface area contributed by atoms with Gasteiger partial charge in [-0.05, 0) is 50.6 Å². The fourth-order valence-electron chi connectivity index (χ4n) is 2.84. The summed E-state index contributed by atoms with van der Waals surface area (Å²) in [7, 11) is 1.78. The molecule has 1 nitrogen and oxygen atoms in total.